The topological polar surface area (TPSA) is 62.8 Å². The van der Waals surface area contributed by atoms with Crippen molar-refractivity contribution in [1.29, 1.82) is 0 Å². The van der Waals surface area contributed by atoms with Crippen LogP contribution < -0.4 is 20.1 Å². The van der Waals surface area contributed by atoms with E-state index >= 15 is 0 Å². The second-order valence-electron chi connectivity index (χ2n) is 6.08. The summed E-state index contributed by atoms with van der Waals surface area (Å²) in [4.78, 5) is 0. The fourth-order valence-corrected chi connectivity index (χ4v) is 2.59. The summed E-state index contributed by atoms with van der Waals surface area (Å²) in [5.41, 5.74) is 3.55. The Labute approximate surface area is 156 Å². The van der Waals surface area contributed by atoms with Gasteiger partial charge in [-0.15, -0.1) is 0 Å². The number of aryl methyl sites for hydroxylation is 1. The van der Waals surface area contributed by atoms with Gasteiger partial charge < -0.3 is 25.2 Å². The van der Waals surface area contributed by atoms with Gasteiger partial charge in [-0.3, -0.25) is 0 Å². The van der Waals surface area contributed by atoms with Gasteiger partial charge in [0.2, 0.25) is 0 Å². The van der Waals surface area contributed by atoms with E-state index in [1.807, 2.05) is 31.2 Å². The lowest BCUT2D eigenvalue weighted by Gasteiger charge is -2.14. The second-order valence-corrected chi connectivity index (χ2v) is 6.08. The summed E-state index contributed by atoms with van der Waals surface area (Å²) in [5.74, 6) is 1.54. The van der Waals surface area contributed by atoms with Crippen molar-refractivity contribution in [1.82, 2.24) is 10.6 Å². The molecule has 0 heterocycles. The number of aliphatic hydroxyl groups excluding tert-OH is 1. The van der Waals surface area contributed by atoms with E-state index in [0.717, 1.165) is 36.7 Å². The van der Waals surface area contributed by atoms with Crippen molar-refractivity contribution >= 4 is 0 Å². The van der Waals surface area contributed by atoms with Gasteiger partial charge in [0.05, 0.1) is 13.2 Å². The second kappa shape index (κ2) is 11.5. The summed E-state index contributed by atoms with van der Waals surface area (Å²) in [6, 6.07) is 14.3. The van der Waals surface area contributed by atoms with Gasteiger partial charge >= 0.3 is 0 Å². The fourth-order valence-electron chi connectivity index (χ4n) is 2.59. The largest absolute Gasteiger partial charge is 0.490 e. The minimum absolute atomic E-state index is 0.168. The summed E-state index contributed by atoms with van der Waals surface area (Å²) >= 11 is 0. The number of benzene rings is 2. The number of hydrogen-bond donors (Lipinski definition) is 3. The van der Waals surface area contributed by atoms with Gasteiger partial charge in [-0.2, -0.15) is 0 Å². The first-order valence-corrected chi connectivity index (χ1v) is 9.20. The minimum Gasteiger partial charge on any atom is -0.490 e. The maximum atomic E-state index is 8.73. The van der Waals surface area contributed by atoms with Crippen LogP contribution in [0.1, 0.15) is 23.6 Å². The van der Waals surface area contributed by atoms with Gasteiger partial charge in [0.25, 0.3) is 0 Å². The fraction of sp³-hybridized carbons (Fsp3) is 0.429. The Balaban J connectivity index is 1.91. The van der Waals surface area contributed by atoms with Crippen molar-refractivity contribution in [3.8, 4) is 11.5 Å². The van der Waals surface area contributed by atoms with Gasteiger partial charge in [0, 0.05) is 26.2 Å². The molecule has 3 N–H and O–H groups in total. The molecule has 5 heteroatoms. The Morgan fingerprint density at radius 2 is 1.73 bits per heavy atom. The van der Waals surface area contributed by atoms with E-state index in [1.165, 1.54) is 11.1 Å². The van der Waals surface area contributed by atoms with Gasteiger partial charge in [-0.25, -0.2) is 0 Å². The Hall–Kier alpha value is -2.08. The first kappa shape index (κ1) is 20.2. The van der Waals surface area contributed by atoms with Crippen molar-refractivity contribution in [3.05, 3.63) is 59.2 Å². The number of ether oxygens (including phenoxy) is 2. The molecule has 2 rings (SSSR count). The van der Waals surface area contributed by atoms with Crippen molar-refractivity contribution < 1.29 is 14.6 Å². The molecule has 0 fully saturated rings. The smallest absolute Gasteiger partial charge is 0.161 e. The zero-order valence-electron chi connectivity index (χ0n) is 15.8. The third kappa shape index (κ3) is 6.67. The lowest BCUT2D eigenvalue weighted by Crippen LogP contribution is -2.28. The minimum atomic E-state index is 0.168. The van der Waals surface area contributed by atoms with Gasteiger partial charge in [-0.1, -0.05) is 30.3 Å². The Bertz CT molecular complexity index is 661. The van der Waals surface area contributed by atoms with E-state index in [4.69, 9.17) is 14.6 Å². The molecule has 2 aromatic rings. The lowest BCUT2D eigenvalue weighted by molar-refractivity contribution is 0.268. The molecule has 0 spiro atoms. The van der Waals surface area contributed by atoms with Crippen LogP contribution in [0.5, 0.6) is 11.5 Å². The van der Waals surface area contributed by atoms with Gasteiger partial charge in [-0.05, 0) is 42.7 Å². The molecule has 0 aliphatic carbocycles. The first-order chi connectivity index (χ1) is 12.7. The molecule has 2 aromatic carbocycles. The number of aliphatic hydroxyl groups is 1. The number of nitrogens with one attached hydrogen (secondary N) is 2. The Morgan fingerprint density at radius 3 is 2.50 bits per heavy atom. The van der Waals surface area contributed by atoms with Gasteiger partial charge in [0.1, 0.15) is 6.61 Å². The van der Waals surface area contributed by atoms with Crippen LogP contribution in [0.25, 0.3) is 0 Å². The van der Waals surface area contributed by atoms with E-state index < -0.39 is 0 Å². The van der Waals surface area contributed by atoms with E-state index in [1.54, 1.807) is 0 Å². The Kier molecular flexibility index (Phi) is 8.96. The molecule has 142 valence electrons. The number of hydrogen-bond acceptors (Lipinski definition) is 5. The zero-order chi connectivity index (χ0) is 18.6. The maximum absolute atomic E-state index is 8.73. The molecule has 0 amide bonds. The molecule has 0 unspecified atom stereocenters. The first-order valence-electron chi connectivity index (χ1n) is 9.20. The SMILES string of the molecule is CCOc1cc(CNCCNCCO)ccc1OCc1ccccc1C. The average molecular weight is 358 g/mol. The molecule has 0 atom stereocenters. The highest BCUT2D eigenvalue weighted by atomic mass is 16.5. The van der Waals surface area contributed by atoms with Crippen LogP contribution in [-0.2, 0) is 13.2 Å². The van der Waals surface area contributed by atoms with Crippen molar-refractivity contribution in [2.24, 2.45) is 0 Å². The standard InChI is InChI=1S/C21H30N2O3/c1-3-25-21-14-18(15-23-11-10-22-12-13-24)8-9-20(21)26-16-19-7-5-4-6-17(19)2/h4-9,14,22-24H,3,10-13,15-16H2,1-2H3. The molecule has 0 radical (unpaired) electrons. The van der Waals surface area contributed by atoms with Crippen LogP contribution in [0.4, 0.5) is 0 Å². The molecule has 0 bridgehead atoms. The number of rotatable bonds is 12. The van der Waals surface area contributed by atoms with Crippen LogP contribution in [0.15, 0.2) is 42.5 Å². The van der Waals surface area contributed by atoms with Crippen LogP contribution >= 0.6 is 0 Å². The normalized spacial score (nSPS) is 10.7. The van der Waals surface area contributed by atoms with E-state index in [0.29, 0.717) is 19.8 Å². The third-order valence-electron chi connectivity index (χ3n) is 4.05. The molecule has 0 saturated heterocycles. The van der Waals surface area contributed by atoms with Crippen LogP contribution in [0.2, 0.25) is 0 Å². The highest BCUT2D eigenvalue weighted by Gasteiger charge is 2.08. The molecule has 0 saturated carbocycles. The molecular weight excluding hydrogens is 328 g/mol. The quantitative estimate of drug-likeness (QED) is 0.509. The highest BCUT2D eigenvalue weighted by molar-refractivity contribution is 5.43. The molecule has 5 nitrogen and oxygen atoms in total. The van der Waals surface area contributed by atoms with Crippen molar-refractivity contribution in [2.75, 3.05) is 32.8 Å². The lowest BCUT2D eigenvalue weighted by atomic mass is 10.1. The molecular formula is C21H30N2O3. The highest BCUT2D eigenvalue weighted by Crippen LogP contribution is 2.29. The van der Waals surface area contributed by atoms with Crippen LogP contribution in [-0.4, -0.2) is 38.0 Å². The Morgan fingerprint density at radius 1 is 0.923 bits per heavy atom. The van der Waals surface area contributed by atoms with E-state index in [-0.39, 0.29) is 6.61 Å². The van der Waals surface area contributed by atoms with Crippen LogP contribution in [0, 0.1) is 6.92 Å². The molecule has 0 aliphatic heterocycles. The van der Waals surface area contributed by atoms with Crippen molar-refractivity contribution in [3.63, 3.8) is 0 Å². The van der Waals surface area contributed by atoms with E-state index in [2.05, 4.69) is 35.8 Å². The molecule has 26 heavy (non-hydrogen) atoms. The zero-order valence-corrected chi connectivity index (χ0v) is 15.8. The summed E-state index contributed by atoms with van der Waals surface area (Å²) in [7, 11) is 0. The van der Waals surface area contributed by atoms with Gasteiger partial charge in [0.15, 0.2) is 11.5 Å². The molecule has 0 aromatic heterocycles. The third-order valence-corrected chi connectivity index (χ3v) is 4.05. The summed E-state index contributed by atoms with van der Waals surface area (Å²) in [6.45, 7) is 8.43. The molecule has 0 aliphatic rings. The summed E-state index contributed by atoms with van der Waals surface area (Å²) in [6.07, 6.45) is 0. The van der Waals surface area contributed by atoms with E-state index in [9.17, 15) is 0 Å². The van der Waals surface area contributed by atoms with Crippen LogP contribution in [0.3, 0.4) is 0 Å². The predicted molar refractivity (Wildman–Crippen MR) is 105 cm³/mol. The maximum Gasteiger partial charge on any atom is 0.161 e. The summed E-state index contributed by atoms with van der Waals surface area (Å²) < 4.78 is 11.8. The monoisotopic (exact) mass is 358 g/mol. The average Bonchev–Trinajstić information content (AvgIpc) is 2.65. The van der Waals surface area contributed by atoms with Crippen molar-refractivity contribution in [2.45, 2.75) is 27.0 Å². The summed E-state index contributed by atoms with van der Waals surface area (Å²) in [5, 5.41) is 15.2. The predicted octanol–water partition coefficient (Wildman–Crippen LogP) is 2.64.